The summed E-state index contributed by atoms with van der Waals surface area (Å²) in [6, 6.07) is 4.24. The standard InChI is InChI=1S/C22H33N5O7S/c1-35-10-9-16(25-19(30)14(23)11-13-5-3-2-4-6-13)21(32)26-15(7-8-18(24)29)20(31)27-17(12-28)22(33)34/h2-6,14-17,28H,7-12,23H2,1H3,(H2,24,29)(H,25,30)(H,26,32)(H,27,31)(H,33,34). The van der Waals surface area contributed by atoms with Gasteiger partial charge < -0.3 is 37.6 Å². The van der Waals surface area contributed by atoms with E-state index in [-0.39, 0.29) is 25.7 Å². The number of amides is 4. The van der Waals surface area contributed by atoms with E-state index in [2.05, 4.69) is 16.0 Å². The van der Waals surface area contributed by atoms with Crippen LogP contribution in [0.1, 0.15) is 24.8 Å². The molecule has 0 aliphatic heterocycles. The minimum absolute atomic E-state index is 0.207. The number of aliphatic carboxylic acids is 1. The predicted octanol–water partition coefficient (Wildman–Crippen LogP) is -1.89. The number of carboxylic acid groups (broad SMARTS) is 1. The van der Waals surface area contributed by atoms with Gasteiger partial charge in [-0.05, 0) is 36.8 Å². The molecule has 4 atom stereocenters. The first-order valence-electron chi connectivity index (χ1n) is 10.9. The Labute approximate surface area is 207 Å². The molecular formula is C22H33N5O7S. The van der Waals surface area contributed by atoms with E-state index in [4.69, 9.17) is 21.7 Å². The van der Waals surface area contributed by atoms with Crippen molar-refractivity contribution in [3.8, 4) is 0 Å². The maximum Gasteiger partial charge on any atom is 0.328 e. The third-order valence-electron chi connectivity index (χ3n) is 4.99. The molecule has 0 bridgehead atoms. The molecule has 0 fully saturated rings. The summed E-state index contributed by atoms with van der Waals surface area (Å²) >= 11 is 1.44. The van der Waals surface area contributed by atoms with Crippen molar-refractivity contribution in [2.75, 3.05) is 18.6 Å². The van der Waals surface area contributed by atoms with Gasteiger partial charge in [0.25, 0.3) is 0 Å². The quantitative estimate of drug-likeness (QED) is 0.132. The van der Waals surface area contributed by atoms with Gasteiger partial charge in [0.1, 0.15) is 18.1 Å². The highest BCUT2D eigenvalue weighted by Crippen LogP contribution is 2.07. The van der Waals surface area contributed by atoms with E-state index in [1.807, 2.05) is 36.6 Å². The molecule has 1 rings (SSSR count). The molecule has 0 heterocycles. The van der Waals surface area contributed by atoms with Crippen molar-refractivity contribution < 1.29 is 34.2 Å². The highest BCUT2D eigenvalue weighted by Gasteiger charge is 2.30. The monoisotopic (exact) mass is 511 g/mol. The lowest BCUT2D eigenvalue weighted by atomic mass is 10.0. The number of carboxylic acids is 1. The van der Waals surface area contributed by atoms with Gasteiger partial charge in [-0.25, -0.2) is 4.79 Å². The summed E-state index contributed by atoms with van der Waals surface area (Å²) in [7, 11) is 0. The number of benzene rings is 1. The lowest BCUT2D eigenvalue weighted by molar-refractivity contribution is -0.143. The van der Waals surface area contributed by atoms with Gasteiger partial charge in [0.15, 0.2) is 0 Å². The molecule has 4 unspecified atom stereocenters. The second kappa shape index (κ2) is 15.7. The SMILES string of the molecule is CSCCC(NC(=O)C(N)Cc1ccccc1)C(=O)NC(CCC(N)=O)C(=O)NC(CO)C(=O)O. The van der Waals surface area contributed by atoms with Gasteiger partial charge in [0.05, 0.1) is 12.6 Å². The first-order chi connectivity index (χ1) is 16.6. The fourth-order valence-electron chi connectivity index (χ4n) is 3.03. The molecule has 13 heteroatoms. The van der Waals surface area contributed by atoms with Gasteiger partial charge >= 0.3 is 5.97 Å². The minimum Gasteiger partial charge on any atom is -0.480 e. The number of primary amides is 1. The Morgan fingerprint density at radius 3 is 1.97 bits per heavy atom. The third kappa shape index (κ3) is 11.2. The summed E-state index contributed by atoms with van der Waals surface area (Å²) in [5.74, 6) is -3.88. The van der Waals surface area contributed by atoms with Gasteiger partial charge in [-0.15, -0.1) is 0 Å². The van der Waals surface area contributed by atoms with Gasteiger partial charge in [0, 0.05) is 6.42 Å². The number of nitrogens with one attached hydrogen (secondary N) is 3. The maximum atomic E-state index is 13.0. The summed E-state index contributed by atoms with van der Waals surface area (Å²) in [5.41, 5.74) is 12.0. The van der Waals surface area contributed by atoms with Crippen LogP contribution in [0.25, 0.3) is 0 Å². The zero-order valence-electron chi connectivity index (χ0n) is 19.4. The van der Waals surface area contributed by atoms with Crippen molar-refractivity contribution in [2.45, 2.75) is 49.9 Å². The summed E-state index contributed by atoms with van der Waals surface area (Å²) in [4.78, 5) is 60.5. The molecule has 0 radical (unpaired) electrons. The van der Waals surface area contributed by atoms with Crippen LogP contribution in [0.4, 0.5) is 0 Å². The molecule has 0 spiro atoms. The molecule has 1 aromatic carbocycles. The lowest BCUT2D eigenvalue weighted by Crippen LogP contribution is -2.57. The molecule has 0 saturated carbocycles. The first-order valence-corrected chi connectivity index (χ1v) is 12.3. The van der Waals surface area contributed by atoms with E-state index >= 15 is 0 Å². The second-order valence-electron chi connectivity index (χ2n) is 7.79. The van der Waals surface area contributed by atoms with Crippen LogP contribution in [-0.4, -0.2) is 82.6 Å². The predicted molar refractivity (Wildman–Crippen MR) is 130 cm³/mol. The van der Waals surface area contributed by atoms with Crippen LogP contribution in [-0.2, 0) is 30.4 Å². The van der Waals surface area contributed by atoms with Crippen molar-refractivity contribution >= 4 is 41.4 Å². The molecule has 1 aromatic rings. The Morgan fingerprint density at radius 1 is 0.914 bits per heavy atom. The number of aliphatic hydroxyl groups excluding tert-OH is 1. The fourth-order valence-corrected chi connectivity index (χ4v) is 3.50. The molecule has 12 nitrogen and oxygen atoms in total. The van der Waals surface area contributed by atoms with Crippen LogP contribution in [0.5, 0.6) is 0 Å². The number of carbonyl (C=O) groups is 5. The van der Waals surface area contributed by atoms with E-state index < -0.39 is 60.4 Å². The number of hydrogen-bond donors (Lipinski definition) is 7. The molecular weight excluding hydrogens is 478 g/mol. The van der Waals surface area contributed by atoms with Crippen LogP contribution >= 0.6 is 11.8 Å². The summed E-state index contributed by atoms with van der Waals surface area (Å²) in [5, 5.41) is 25.3. The second-order valence-corrected chi connectivity index (χ2v) is 8.77. The number of nitrogens with two attached hydrogens (primary N) is 2. The van der Waals surface area contributed by atoms with Crippen molar-refractivity contribution in [3.63, 3.8) is 0 Å². The average Bonchev–Trinajstić information content (AvgIpc) is 2.82. The Kier molecular flexibility index (Phi) is 13.4. The molecule has 194 valence electrons. The molecule has 35 heavy (non-hydrogen) atoms. The van der Waals surface area contributed by atoms with E-state index in [0.717, 1.165) is 5.56 Å². The van der Waals surface area contributed by atoms with Gasteiger partial charge in [-0.1, -0.05) is 30.3 Å². The van der Waals surface area contributed by atoms with E-state index in [0.29, 0.717) is 5.75 Å². The zero-order valence-corrected chi connectivity index (χ0v) is 20.3. The number of rotatable bonds is 16. The maximum absolute atomic E-state index is 13.0. The number of thioether (sulfide) groups is 1. The molecule has 9 N–H and O–H groups in total. The van der Waals surface area contributed by atoms with Crippen LogP contribution in [0.3, 0.4) is 0 Å². The van der Waals surface area contributed by atoms with E-state index in [9.17, 15) is 24.0 Å². The van der Waals surface area contributed by atoms with Gasteiger partial charge in [-0.2, -0.15) is 11.8 Å². The highest BCUT2D eigenvalue weighted by atomic mass is 32.2. The van der Waals surface area contributed by atoms with Crippen molar-refractivity contribution in [2.24, 2.45) is 11.5 Å². The van der Waals surface area contributed by atoms with Gasteiger partial charge in [0.2, 0.25) is 23.6 Å². The average molecular weight is 512 g/mol. The smallest absolute Gasteiger partial charge is 0.328 e. The van der Waals surface area contributed by atoms with Crippen LogP contribution < -0.4 is 27.4 Å². The lowest BCUT2D eigenvalue weighted by Gasteiger charge is -2.25. The number of hydrogen-bond acceptors (Lipinski definition) is 8. The number of aliphatic hydroxyl groups is 1. The molecule has 0 aromatic heterocycles. The van der Waals surface area contributed by atoms with Gasteiger partial charge in [-0.3, -0.25) is 19.2 Å². The summed E-state index contributed by atoms with van der Waals surface area (Å²) in [6.45, 7) is -0.872. The Hall–Kier alpha value is -3.16. The van der Waals surface area contributed by atoms with E-state index in [1.54, 1.807) is 0 Å². The summed E-state index contributed by atoms with van der Waals surface area (Å²) < 4.78 is 0. The molecule has 0 saturated heterocycles. The van der Waals surface area contributed by atoms with Crippen LogP contribution in [0.2, 0.25) is 0 Å². The van der Waals surface area contributed by atoms with Crippen molar-refractivity contribution in [1.29, 1.82) is 0 Å². The van der Waals surface area contributed by atoms with Crippen molar-refractivity contribution in [3.05, 3.63) is 35.9 Å². The highest BCUT2D eigenvalue weighted by molar-refractivity contribution is 7.98. The molecule has 4 amide bonds. The Morgan fingerprint density at radius 2 is 1.46 bits per heavy atom. The van der Waals surface area contributed by atoms with E-state index in [1.165, 1.54) is 11.8 Å². The normalized spacial score (nSPS) is 14.1. The summed E-state index contributed by atoms with van der Waals surface area (Å²) in [6.07, 6.45) is 1.84. The zero-order chi connectivity index (χ0) is 26.4. The molecule has 0 aliphatic rings. The van der Waals surface area contributed by atoms with Crippen LogP contribution in [0.15, 0.2) is 30.3 Å². The fraction of sp³-hybridized carbons (Fsp3) is 0.500. The molecule has 0 aliphatic carbocycles. The topological polar surface area (TPSA) is 214 Å². The first kappa shape index (κ1) is 29.9. The third-order valence-corrected chi connectivity index (χ3v) is 5.63. The van der Waals surface area contributed by atoms with Crippen LogP contribution in [0, 0.1) is 0 Å². The largest absolute Gasteiger partial charge is 0.480 e. The number of carbonyl (C=O) groups excluding carboxylic acids is 4. The Balaban J connectivity index is 2.93. The minimum atomic E-state index is -1.60. The Bertz CT molecular complexity index is 871. The van der Waals surface area contributed by atoms with Crippen molar-refractivity contribution in [1.82, 2.24) is 16.0 Å².